The van der Waals surface area contributed by atoms with Gasteiger partial charge in [0, 0.05) is 17.0 Å². The maximum atomic E-state index is 13.0. The Kier molecular flexibility index (Phi) is 6.16. The van der Waals surface area contributed by atoms with Crippen LogP contribution in [0.4, 0.5) is 14.5 Å². The van der Waals surface area contributed by atoms with Crippen molar-refractivity contribution in [3.63, 3.8) is 0 Å². The molecule has 0 aliphatic carbocycles. The zero-order valence-corrected chi connectivity index (χ0v) is 14.1. The summed E-state index contributed by atoms with van der Waals surface area (Å²) >= 11 is 1.18. The van der Waals surface area contributed by atoms with Crippen LogP contribution in [0.15, 0.2) is 18.2 Å². The van der Waals surface area contributed by atoms with Crippen molar-refractivity contribution in [3.8, 4) is 0 Å². The highest BCUT2D eigenvalue weighted by Gasteiger charge is 2.28. The summed E-state index contributed by atoms with van der Waals surface area (Å²) in [5.41, 5.74) is 0.0421. The molecule has 0 spiro atoms. The predicted octanol–water partition coefficient (Wildman–Crippen LogP) is 1.37. The van der Waals surface area contributed by atoms with Crippen LogP contribution in [0.25, 0.3) is 0 Å². The normalized spacial score (nSPS) is 19.0. The van der Waals surface area contributed by atoms with Crippen molar-refractivity contribution in [2.24, 2.45) is 0 Å². The molecule has 1 N–H and O–H groups in total. The molecular weight excluding hydrogens is 364 g/mol. The topological polar surface area (TPSA) is 89.5 Å². The molecule has 1 fully saturated rings. The van der Waals surface area contributed by atoms with Crippen molar-refractivity contribution in [2.75, 3.05) is 29.2 Å². The van der Waals surface area contributed by atoms with Crippen molar-refractivity contribution in [1.29, 1.82) is 0 Å². The van der Waals surface area contributed by atoms with Crippen LogP contribution in [0.3, 0.4) is 0 Å². The summed E-state index contributed by atoms with van der Waals surface area (Å²) in [7, 11) is -3.00. The fraction of sp³-hybridized carbons (Fsp3) is 0.429. The van der Waals surface area contributed by atoms with Crippen LogP contribution in [0.1, 0.15) is 6.42 Å². The molecule has 1 aliphatic heterocycles. The fourth-order valence-corrected chi connectivity index (χ4v) is 5.48. The SMILES string of the molecule is O=C(COC(=O)CS[C@@H]1CCS(=O)(=O)C1)Nc1ccc(F)c(F)c1. The fourth-order valence-electron chi connectivity index (χ4n) is 2.04. The first-order valence-electron chi connectivity index (χ1n) is 6.98. The molecule has 0 unspecified atom stereocenters. The molecule has 10 heteroatoms. The third kappa shape index (κ3) is 5.75. The quantitative estimate of drug-likeness (QED) is 0.751. The molecule has 1 aliphatic rings. The Hall–Kier alpha value is -1.68. The van der Waals surface area contributed by atoms with E-state index in [1.165, 1.54) is 17.8 Å². The molecular formula is C14H15F2NO5S2. The van der Waals surface area contributed by atoms with E-state index in [-0.39, 0.29) is 28.2 Å². The van der Waals surface area contributed by atoms with Gasteiger partial charge in [-0.15, -0.1) is 11.8 Å². The van der Waals surface area contributed by atoms with Crippen molar-refractivity contribution < 1.29 is 31.5 Å². The number of amides is 1. The third-order valence-corrected chi connectivity index (χ3v) is 6.45. The van der Waals surface area contributed by atoms with Crippen LogP contribution in [0.5, 0.6) is 0 Å². The van der Waals surface area contributed by atoms with Crippen LogP contribution in [-0.2, 0) is 24.2 Å². The number of halogens is 2. The predicted molar refractivity (Wildman–Crippen MR) is 85.5 cm³/mol. The molecule has 1 aromatic rings. The summed E-state index contributed by atoms with van der Waals surface area (Å²) in [6, 6.07) is 2.85. The lowest BCUT2D eigenvalue weighted by Crippen LogP contribution is -2.22. The number of carbonyl (C=O) groups excluding carboxylic acids is 2. The monoisotopic (exact) mass is 379 g/mol. The van der Waals surface area contributed by atoms with E-state index in [0.29, 0.717) is 6.42 Å². The molecule has 1 amide bonds. The second-order valence-corrected chi connectivity index (χ2v) is 8.69. The van der Waals surface area contributed by atoms with Crippen LogP contribution in [0, 0.1) is 11.6 Å². The number of sulfone groups is 1. The Balaban J connectivity index is 1.69. The Bertz CT molecular complexity index is 739. The van der Waals surface area contributed by atoms with Gasteiger partial charge >= 0.3 is 5.97 Å². The van der Waals surface area contributed by atoms with Gasteiger partial charge in [-0.3, -0.25) is 9.59 Å². The first-order chi connectivity index (χ1) is 11.2. The zero-order valence-electron chi connectivity index (χ0n) is 12.5. The number of benzene rings is 1. The molecule has 1 heterocycles. The number of anilines is 1. The second-order valence-electron chi connectivity index (χ2n) is 5.17. The molecule has 2 rings (SSSR count). The Labute approximate surface area is 141 Å². The van der Waals surface area contributed by atoms with Gasteiger partial charge < -0.3 is 10.1 Å². The van der Waals surface area contributed by atoms with E-state index in [4.69, 9.17) is 4.74 Å². The third-order valence-electron chi connectivity index (χ3n) is 3.20. The average molecular weight is 379 g/mol. The summed E-state index contributed by atoms with van der Waals surface area (Å²) in [6.45, 7) is -0.568. The standard InChI is InChI=1S/C14H15F2NO5S2/c15-11-2-1-9(5-12(11)16)17-13(18)6-22-14(19)7-23-10-3-4-24(20,21)8-10/h1-2,5,10H,3-4,6-8H2,(H,17,18)/t10-/m1/s1. The number of esters is 1. The number of hydrogen-bond acceptors (Lipinski definition) is 6. The minimum Gasteiger partial charge on any atom is -0.455 e. The zero-order chi connectivity index (χ0) is 17.7. The second kappa shape index (κ2) is 7.93. The average Bonchev–Trinajstić information content (AvgIpc) is 2.86. The lowest BCUT2D eigenvalue weighted by molar-refractivity contribution is -0.144. The summed E-state index contributed by atoms with van der Waals surface area (Å²) in [5.74, 6) is -3.37. The summed E-state index contributed by atoms with van der Waals surface area (Å²) in [4.78, 5) is 23.1. The van der Waals surface area contributed by atoms with E-state index in [0.717, 1.165) is 12.1 Å². The maximum Gasteiger partial charge on any atom is 0.316 e. The van der Waals surface area contributed by atoms with Crippen molar-refractivity contribution >= 4 is 39.2 Å². The lowest BCUT2D eigenvalue weighted by Gasteiger charge is -2.08. The molecule has 6 nitrogen and oxygen atoms in total. The Morgan fingerprint density at radius 1 is 1.29 bits per heavy atom. The van der Waals surface area contributed by atoms with E-state index in [1.807, 2.05) is 0 Å². The van der Waals surface area contributed by atoms with Gasteiger partial charge in [0.05, 0.1) is 17.3 Å². The first-order valence-corrected chi connectivity index (χ1v) is 9.85. The van der Waals surface area contributed by atoms with Gasteiger partial charge in [-0.25, -0.2) is 17.2 Å². The number of carbonyl (C=O) groups is 2. The van der Waals surface area contributed by atoms with E-state index >= 15 is 0 Å². The number of ether oxygens (including phenoxy) is 1. The molecule has 24 heavy (non-hydrogen) atoms. The molecule has 0 saturated carbocycles. The maximum absolute atomic E-state index is 13.0. The van der Waals surface area contributed by atoms with E-state index in [2.05, 4.69) is 5.32 Å². The van der Waals surface area contributed by atoms with E-state index in [1.54, 1.807) is 0 Å². The van der Waals surface area contributed by atoms with Gasteiger partial charge in [0.25, 0.3) is 5.91 Å². The van der Waals surface area contributed by atoms with Crippen LogP contribution in [0.2, 0.25) is 0 Å². The number of rotatable bonds is 6. The van der Waals surface area contributed by atoms with Crippen LogP contribution < -0.4 is 5.32 Å². The minimum absolute atomic E-state index is 0.0421. The highest BCUT2D eigenvalue weighted by atomic mass is 32.2. The molecule has 1 aromatic carbocycles. The minimum atomic E-state index is -3.00. The molecule has 1 saturated heterocycles. The summed E-state index contributed by atoms with van der Waals surface area (Å²) < 4.78 is 53.1. The molecule has 0 radical (unpaired) electrons. The van der Waals surface area contributed by atoms with Gasteiger partial charge in [-0.1, -0.05) is 0 Å². The molecule has 1 atom stereocenters. The Morgan fingerprint density at radius 2 is 2.04 bits per heavy atom. The highest BCUT2D eigenvalue weighted by molar-refractivity contribution is 8.02. The van der Waals surface area contributed by atoms with Crippen molar-refractivity contribution in [2.45, 2.75) is 11.7 Å². The number of nitrogens with one attached hydrogen (secondary N) is 1. The van der Waals surface area contributed by atoms with Crippen molar-refractivity contribution in [1.82, 2.24) is 0 Å². The van der Waals surface area contributed by atoms with Gasteiger partial charge in [0.15, 0.2) is 28.1 Å². The molecule has 0 bridgehead atoms. The molecule has 132 valence electrons. The first kappa shape index (κ1) is 18.7. The van der Waals surface area contributed by atoms with Crippen LogP contribution >= 0.6 is 11.8 Å². The Morgan fingerprint density at radius 3 is 2.67 bits per heavy atom. The lowest BCUT2D eigenvalue weighted by atomic mass is 10.3. The van der Waals surface area contributed by atoms with Crippen LogP contribution in [-0.4, -0.2) is 49.4 Å². The molecule has 0 aromatic heterocycles. The van der Waals surface area contributed by atoms with Crippen molar-refractivity contribution in [3.05, 3.63) is 29.8 Å². The summed E-state index contributed by atoms with van der Waals surface area (Å²) in [5, 5.41) is 2.12. The highest BCUT2D eigenvalue weighted by Crippen LogP contribution is 2.24. The largest absolute Gasteiger partial charge is 0.455 e. The summed E-state index contributed by atoms with van der Waals surface area (Å²) in [6.07, 6.45) is 0.497. The van der Waals surface area contributed by atoms with Gasteiger partial charge in [-0.2, -0.15) is 0 Å². The van der Waals surface area contributed by atoms with E-state index in [9.17, 15) is 26.8 Å². The van der Waals surface area contributed by atoms with Gasteiger partial charge in [-0.05, 0) is 18.6 Å². The number of thioether (sulfide) groups is 1. The smallest absolute Gasteiger partial charge is 0.316 e. The van der Waals surface area contributed by atoms with E-state index < -0.39 is 40.0 Å². The number of hydrogen-bond donors (Lipinski definition) is 1. The van der Waals surface area contributed by atoms with Gasteiger partial charge in [0.1, 0.15) is 0 Å². The van der Waals surface area contributed by atoms with Gasteiger partial charge in [0.2, 0.25) is 0 Å².